The number of imide groups is 1. The van der Waals surface area contributed by atoms with E-state index in [-0.39, 0.29) is 23.4 Å². The van der Waals surface area contributed by atoms with Gasteiger partial charge in [0, 0.05) is 6.42 Å². The fourth-order valence-corrected chi connectivity index (χ4v) is 3.86. The lowest BCUT2D eigenvalue weighted by Gasteiger charge is -2.14. The Morgan fingerprint density at radius 3 is 2.64 bits per heavy atom. The van der Waals surface area contributed by atoms with E-state index in [1.165, 1.54) is 4.90 Å². The highest BCUT2D eigenvalue weighted by Crippen LogP contribution is 2.29. The second kappa shape index (κ2) is 7.62. The molecule has 128 valence electrons. The molecule has 1 atom stereocenters. The van der Waals surface area contributed by atoms with Crippen molar-refractivity contribution in [2.45, 2.75) is 18.6 Å². The van der Waals surface area contributed by atoms with Crippen molar-refractivity contribution in [2.75, 3.05) is 4.90 Å². The monoisotopic (exact) mass is 372 g/mol. The minimum atomic E-state index is -0.575. The Morgan fingerprint density at radius 2 is 1.96 bits per heavy atom. The normalized spacial score (nSPS) is 18.9. The Labute approximate surface area is 153 Å². The third kappa shape index (κ3) is 3.97. The van der Waals surface area contributed by atoms with Gasteiger partial charge in [-0.25, -0.2) is 4.90 Å². The Balaban J connectivity index is 1.69. The molecular weight excluding hydrogens is 356 g/mol. The van der Waals surface area contributed by atoms with Crippen LogP contribution in [-0.4, -0.2) is 27.9 Å². The maximum atomic E-state index is 12.5. The number of hydrogen-bond acceptors (Lipinski definition) is 6. The number of hydrogen-bond donors (Lipinski definition) is 1. The van der Waals surface area contributed by atoms with Crippen molar-refractivity contribution in [3.8, 4) is 0 Å². The lowest BCUT2D eigenvalue weighted by atomic mass is 10.3. The van der Waals surface area contributed by atoms with Gasteiger partial charge in [0.2, 0.25) is 11.8 Å². The minimum Gasteiger partial charge on any atom is -0.377 e. The summed E-state index contributed by atoms with van der Waals surface area (Å²) in [4.78, 5) is 26.9. The van der Waals surface area contributed by atoms with Crippen LogP contribution in [0.5, 0.6) is 0 Å². The zero-order valence-electron chi connectivity index (χ0n) is 13.5. The van der Waals surface area contributed by atoms with E-state index < -0.39 is 5.25 Å². The van der Waals surface area contributed by atoms with Crippen molar-refractivity contribution in [2.24, 2.45) is 15.9 Å². The maximum Gasteiger partial charge on any atom is 0.247 e. The van der Waals surface area contributed by atoms with Crippen LogP contribution in [0, 0.1) is 0 Å². The summed E-state index contributed by atoms with van der Waals surface area (Å²) < 4.78 is 0. The Bertz CT molecular complexity index is 832. The van der Waals surface area contributed by atoms with E-state index in [4.69, 9.17) is 5.73 Å². The molecule has 2 aromatic rings. The van der Waals surface area contributed by atoms with Gasteiger partial charge in [-0.15, -0.1) is 16.4 Å². The van der Waals surface area contributed by atoms with Crippen molar-refractivity contribution in [3.05, 3.63) is 52.7 Å². The molecule has 0 spiro atoms. The molecular formula is C17H16N4O2S2. The number of nitrogens with zero attached hydrogens (tertiary/aromatic N) is 3. The molecule has 1 aromatic heterocycles. The number of carbonyl (C=O) groups is 2. The lowest BCUT2D eigenvalue weighted by Crippen LogP contribution is -2.31. The SMILES string of the molecule is C/C(=N/N=C(/N)S[C@@H]1CC(=O)N(c2ccccc2)C1=O)c1cccs1. The number of nitrogens with two attached hydrogens (primary N) is 1. The highest BCUT2D eigenvalue weighted by Gasteiger charge is 2.40. The fraction of sp³-hybridized carbons (Fsp3) is 0.176. The highest BCUT2D eigenvalue weighted by molar-refractivity contribution is 8.14. The predicted molar refractivity (Wildman–Crippen MR) is 103 cm³/mol. The van der Waals surface area contributed by atoms with E-state index in [0.29, 0.717) is 5.69 Å². The van der Waals surface area contributed by atoms with E-state index in [0.717, 1.165) is 22.4 Å². The van der Waals surface area contributed by atoms with Crippen molar-refractivity contribution in [1.29, 1.82) is 0 Å². The van der Waals surface area contributed by atoms with Crippen molar-refractivity contribution >= 4 is 51.5 Å². The maximum absolute atomic E-state index is 12.5. The lowest BCUT2D eigenvalue weighted by molar-refractivity contribution is -0.121. The van der Waals surface area contributed by atoms with Crippen LogP contribution < -0.4 is 10.6 Å². The molecule has 1 fully saturated rings. The van der Waals surface area contributed by atoms with E-state index in [9.17, 15) is 9.59 Å². The molecule has 6 nitrogen and oxygen atoms in total. The van der Waals surface area contributed by atoms with Crippen LogP contribution in [-0.2, 0) is 9.59 Å². The summed E-state index contributed by atoms with van der Waals surface area (Å²) in [6.07, 6.45) is 0.0994. The van der Waals surface area contributed by atoms with Crippen LogP contribution >= 0.6 is 23.1 Å². The van der Waals surface area contributed by atoms with Gasteiger partial charge in [-0.2, -0.15) is 5.10 Å². The second-order valence-electron chi connectivity index (χ2n) is 5.31. The quantitative estimate of drug-likeness (QED) is 0.387. The van der Waals surface area contributed by atoms with Gasteiger partial charge < -0.3 is 5.73 Å². The molecule has 1 aliphatic rings. The third-order valence-electron chi connectivity index (χ3n) is 3.56. The van der Waals surface area contributed by atoms with E-state index >= 15 is 0 Å². The molecule has 2 N–H and O–H groups in total. The fourth-order valence-electron chi connectivity index (χ4n) is 2.37. The van der Waals surface area contributed by atoms with Gasteiger partial charge in [-0.3, -0.25) is 9.59 Å². The molecule has 8 heteroatoms. The largest absolute Gasteiger partial charge is 0.377 e. The third-order valence-corrected chi connectivity index (χ3v) is 5.51. The first-order valence-electron chi connectivity index (χ1n) is 7.56. The van der Waals surface area contributed by atoms with Gasteiger partial charge in [0.15, 0.2) is 5.17 Å². The van der Waals surface area contributed by atoms with Crippen LogP contribution in [0.2, 0.25) is 0 Å². The molecule has 3 rings (SSSR count). The molecule has 1 saturated heterocycles. The molecule has 0 aliphatic carbocycles. The molecule has 25 heavy (non-hydrogen) atoms. The van der Waals surface area contributed by atoms with Gasteiger partial charge in [0.1, 0.15) is 5.25 Å². The number of amidine groups is 1. The summed E-state index contributed by atoms with van der Waals surface area (Å²) >= 11 is 2.63. The molecule has 2 heterocycles. The number of thiophene rings is 1. The first kappa shape index (κ1) is 17.4. The average Bonchev–Trinajstić information content (AvgIpc) is 3.23. The van der Waals surface area contributed by atoms with Gasteiger partial charge >= 0.3 is 0 Å². The standard InChI is InChI=1S/C17H16N4O2S2/c1-11(13-8-5-9-24-13)19-20-17(18)25-14-10-15(22)21(16(14)23)12-6-3-2-4-7-12/h2-9,14H,10H2,1H3,(H2,18,20)/b19-11-/t14-/m1/s1. The summed E-state index contributed by atoms with van der Waals surface area (Å²) in [6.45, 7) is 1.84. The molecule has 0 saturated carbocycles. The van der Waals surface area contributed by atoms with Crippen molar-refractivity contribution in [3.63, 3.8) is 0 Å². The summed E-state index contributed by atoms with van der Waals surface area (Å²) in [5, 5.41) is 9.60. The zero-order valence-corrected chi connectivity index (χ0v) is 15.1. The predicted octanol–water partition coefficient (Wildman–Crippen LogP) is 2.85. The van der Waals surface area contributed by atoms with Crippen LogP contribution in [0.15, 0.2) is 58.0 Å². The topological polar surface area (TPSA) is 88.1 Å². The molecule has 1 aromatic carbocycles. The van der Waals surface area contributed by atoms with E-state index in [1.54, 1.807) is 35.6 Å². The van der Waals surface area contributed by atoms with Gasteiger partial charge in [0.25, 0.3) is 0 Å². The number of para-hydroxylation sites is 1. The summed E-state index contributed by atoms with van der Waals surface area (Å²) in [6, 6.07) is 12.7. The average molecular weight is 372 g/mol. The number of carbonyl (C=O) groups excluding carboxylic acids is 2. The van der Waals surface area contributed by atoms with Crippen LogP contribution in [0.4, 0.5) is 5.69 Å². The number of thioether (sulfide) groups is 1. The van der Waals surface area contributed by atoms with Crippen LogP contribution in [0.1, 0.15) is 18.2 Å². The van der Waals surface area contributed by atoms with E-state index in [1.807, 2.05) is 30.5 Å². The molecule has 0 radical (unpaired) electrons. The van der Waals surface area contributed by atoms with Gasteiger partial charge in [-0.1, -0.05) is 36.0 Å². The van der Waals surface area contributed by atoms with Crippen LogP contribution in [0.25, 0.3) is 0 Å². The number of benzene rings is 1. The molecule has 0 bridgehead atoms. The van der Waals surface area contributed by atoms with E-state index in [2.05, 4.69) is 10.2 Å². The number of anilines is 1. The molecule has 2 amide bonds. The van der Waals surface area contributed by atoms with Crippen molar-refractivity contribution in [1.82, 2.24) is 0 Å². The first-order valence-corrected chi connectivity index (χ1v) is 9.32. The number of amides is 2. The highest BCUT2D eigenvalue weighted by atomic mass is 32.2. The summed E-state index contributed by atoms with van der Waals surface area (Å²) in [7, 11) is 0. The Kier molecular flexibility index (Phi) is 5.30. The summed E-state index contributed by atoms with van der Waals surface area (Å²) in [5.41, 5.74) is 7.19. The molecule has 1 aliphatic heterocycles. The summed E-state index contributed by atoms with van der Waals surface area (Å²) in [5.74, 6) is -0.516. The second-order valence-corrected chi connectivity index (χ2v) is 7.49. The Hall–Kier alpha value is -2.45. The van der Waals surface area contributed by atoms with Crippen molar-refractivity contribution < 1.29 is 9.59 Å². The smallest absolute Gasteiger partial charge is 0.247 e. The van der Waals surface area contributed by atoms with Gasteiger partial charge in [0.05, 0.1) is 16.3 Å². The molecule has 0 unspecified atom stereocenters. The minimum absolute atomic E-state index is 0.0994. The zero-order chi connectivity index (χ0) is 17.8. The first-order chi connectivity index (χ1) is 12.1. The van der Waals surface area contributed by atoms with Gasteiger partial charge in [-0.05, 0) is 30.5 Å². The number of rotatable bonds is 4. The van der Waals surface area contributed by atoms with Crippen LogP contribution in [0.3, 0.4) is 0 Å². The Morgan fingerprint density at radius 1 is 1.20 bits per heavy atom.